The molecule has 0 aromatic carbocycles. The van der Waals surface area contributed by atoms with Gasteiger partial charge in [-0.2, -0.15) is 9.40 Å². The number of sulfonamides is 1. The fourth-order valence-electron chi connectivity index (χ4n) is 3.86. The van der Waals surface area contributed by atoms with Gasteiger partial charge >= 0.3 is 0 Å². The molecule has 1 saturated heterocycles. The van der Waals surface area contributed by atoms with Gasteiger partial charge in [-0.1, -0.05) is 6.92 Å². The number of hydrogen-bond acceptors (Lipinski definition) is 5. The average Bonchev–Trinajstić information content (AvgIpc) is 2.85. The van der Waals surface area contributed by atoms with Crippen LogP contribution in [0.1, 0.15) is 44.0 Å². The molecule has 2 aliphatic rings. The predicted octanol–water partition coefficient (Wildman–Crippen LogP) is 1.46. The van der Waals surface area contributed by atoms with Crippen LogP contribution in [-0.4, -0.2) is 59.5 Å². The maximum atomic E-state index is 13.0. The lowest BCUT2D eigenvalue weighted by molar-refractivity contribution is -0.0249. The fraction of sp³-hybridized carbons (Fsp3) is 0.824. The highest BCUT2D eigenvalue weighted by molar-refractivity contribution is 7.89. The number of aliphatic hydroxyl groups is 1. The predicted molar refractivity (Wildman–Crippen MR) is 93.9 cm³/mol. The second kappa shape index (κ2) is 6.98. The zero-order valence-corrected chi connectivity index (χ0v) is 16.2. The van der Waals surface area contributed by atoms with Gasteiger partial charge < -0.3 is 9.84 Å². The van der Waals surface area contributed by atoms with Crippen LogP contribution < -0.4 is 0 Å². The Balaban J connectivity index is 1.86. The number of morpholine rings is 1. The summed E-state index contributed by atoms with van der Waals surface area (Å²) in [7, 11) is -3.58. The number of ether oxygens (including phenoxy) is 1. The Kier molecular flexibility index (Phi) is 5.26. The summed E-state index contributed by atoms with van der Waals surface area (Å²) < 4.78 is 34.4. The van der Waals surface area contributed by atoms with Gasteiger partial charge in [0, 0.05) is 13.1 Å². The van der Waals surface area contributed by atoms with Gasteiger partial charge in [0.1, 0.15) is 4.90 Å². The van der Waals surface area contributed by atoms with Gasteiger partial charge in [0.25, 0.3) is 0 Å². The van der Waals surface area contributed by atoms with E-state index in [-0.39, 0.29) is 4.90 Å². The van der Waals surface area contributed by atoms with Gasteiger partial charge in [-0.25, -0.2) is 8.42 Å². The molecular formula is C17H29N3O4S. The molecule has 0 unspecified atom stereocenters. The van der Waals surface area contributed by atoms with Gasteiger partial charge in [-0.15, -0.1) is 0 Å². The molecule has 0 spiro atoms. The number of aromatic nitrogens is 2. The lowest BCUT2D eigenvalue weighted by Gasteiger charge is -2.35. The lowest BCUT2D eigenvalue weighted by Crippen LogP contribution is -2.41. The van der Waals surface area contributed by atoms with Crippen molar-refractivity contribution in [1.82, 2.24) is 14.1 Å². The van der Waals surface area contributed by atoms with Gasteiger partial charge in [0.15, 0.2) is 0 Å². The Morgan fingerprint density at radius 2 is 1.84 bits per heavy atom. The lowest BCUT2D eigenvalue weighted by atomic mass is 9.79. The summed E-state index contributed by atoms with van der Waals surface area (Å²) in [6.45, 7) is 7.64. The Bertz CT molecular complexity index is 714. The van der Waals surface area contributed by atoms with Crippen molar-refractivity contribution in [3.8, 4) is 0 Å². The molecule has 1 aliphatic carbocycles. The third kappa shape index (κ3) is 3.77. The molecule has 2 heterocycles. The molecule has 142 valence electrons. The highest BCUT2D eigenvalue weighted by Gasteiger charge is 2.36. The molecule has 1 aromatic heterocycles. The maximum Gasteiger partial charge on any atom is 0.246 e. The van der Waals surface area contributed by atoms with Crippen LogP contribution in [0.5, 0.6) is 0 Å². The molecule has 3 rings (SSSR count). The van der Waals surface area contributed by atoms with E-state index in [4.69, 9.17) is 4.74 Å². The Labute approximate surface area is 150 Å². The number of aryl methyl sites for hydroxylation is 1. The third-order valence-corrected chi connectivity index (χ3v) is 7.68. The van der Waals surface area contributed by atoms with Crippen molar-refractivity contribution in [1.29, 1.82) is 0 Å². The summed E-state index contributed by atoms with van der Waals surface area (Å²) in [6, 6.07) is 0. The smallest absolute Gasteiger partial charge is 0.246 e. The zero-order chi connectivity index (χ0) is 18.2. The van der Waals surface area contributed by atoms with E-state index in [0.29, 0.717) is 50.2 Å². The highest BCUT2D eigenvalue weighted by Crippen LogP contribution is 2.34. The first-order valence-corrected chi connectivity index (χ1v) is 10.5. The van der Waals surface area contributed by atoms with Gasteiger partial charge in [0.2, 0.25) is 10.0 Å². The normalized spacial score (nSPS) is 29.0. The van der Waals surface area contributed by atoms with Crippen molar-refractivity contribution in [3.63, 3.8) is 0 Å². The molecule has 25 heavy (non-hydrogen) atoms. The van der Waals surface area contributed by atoms with E-state index in [1.54, 1.807) is 18.5 Å². The largest absolute Gasteiger partial charge is 0.388 e. The Hall–Kier alpha value is -0.960. The minimum absolute atomic E-state index is 0.280. The van der Waals surface area contributed by atoms with Crippen molar-refractivity contribution in [2.75, 3.05) is 26.3 Å². The molecule has 2 fully saturated rings. The van der Waals surface area contributed by atoms with Crippen molar-refractivity contribution in [2.24, 2.45) is 5.92 Å². The van der Waals surface area contributed by atoms with Crippen molar-refractivity contribution < 1.29 is 18.3 Å². The molecular weight excluding hydrogens is 342 g/mol. The molecule has 1 aromatic rings. The van der Waals surface area contributed by atoms with Crippen LogP contribution in [0.3, 0.4) is 0 Å². The van der Waals surface area contributed by atoms with E-state index < -0.39 is 15.6 Å². The molecule has 0 amide bonds. The van der Waals surface area contributed by atoms with Crippen LogP contribution in [0.15, 0.2) is 4.90 Å². The van der Waals surface area contributed by atoms with Crippen molar-refractivity contribution in [2.45, 2.75) is 63.5 Å². The zero-order valence-electron chi connectivity index (χ0n) is 15.4. The van der Waals surface area contributed by atoms with E-state index in [0.717, 1.165) is 25.7 Å². The van der Waals surface area contributed by atoms with Crippen LogP contribution in [0.25, 0.3) is 0 Å². The van der Waals surface area contributed by atoms with Gasteiger partial charge in [0.05, 0.1) is 36.7 Å². The average molecular weight is 372 g/mol. The molecule has 1 N–H and O–H groups in total. The van der Waals surface area contributed by atoms with Gasteiger partial charge in [-0.05, 0) is 45.4 Å². The minimum atomic E-state index is -3.58. The van der Waals surface area contributed by atoms with Crippen molar-refractivity contribution in [3.05, 3.63) is 11.4 Å². The first kappa shape index (κ1) is 18.8. The summed E-state index contributed by atoms with van der Waals surface area (Å²) in [4.78, 5) is 0.280. The van der Waals surface area contributed by atoms with E-state index in [2.05, 4.69) is 12.0 Å². The minimum Gasteiger partial charge on any atom is -0.388 e. The van der Waals surface area contributed by atoms with Crippen LogP contribution >= 0.6 is 0 Å². The summed E-state index contributed by atoms with van der Waals surface area (Å²) in [6.07, 6.45) is 3.46. The standard InChI is InChI=1S/C17H29N3O4S/c1-13-4-6-17(21,7-5-13)12-20-15(3)16(14(2)18-20)25(22,23)19-8-10-24-11-9-19/h13,21H,4-12H2,1-3H3. The molecule has 0 bridgehead atoms. The molecule has 1 saturated carbocycles. The van der Waals surface area contributed by atoms with E-state index in [1.165, 1.54) is 4.31 Å². The van der Waals surface area contributed by atoms with E-state index >= 15 is 0 Å². The Morgan fingerprint density at radius 3 is 2.44 bits per heavy atom. The Morgan fingerprint density at radius 1 is 1.24 bits per heavy atom. The second-order valence-corrected chi connectivity index (χ2v) is 9.46. The maximum absolute atomic E-state index is 13.0. The summed E-state index contributed by atoms with van der Waals surface area (Å²) in [5, 5.41) is 15.3. The third-order valence-electron chi connectivity index (χ3n) is 5.53. The van der Waals surface area contributed by atoms with Crippen LogP contribution in [0.2, 0.25) is 0 Å². The molecule has 0 radical (unpaired) electrons. The first-order chi connectivity index (χ1) is 11.7. The topological polar surface area (TPSA) is 84.7 Å². The van der Waals surface area contributed by atoms with E-state index in [1.807, 2.05) is 0 Å². The van der Waals surface area contributed by atoms with Crippen LogP contribution in [-0.2, 0) is 21.3 Å². The molecule has 0 atom stereocenters. The summed E-state index contributed by atoms with van der Waals surface area (Å²) in [5.41, 5.74) is 0.309. The highest BCUT2D eigenvalue weighted by atomic mass is 32.2. The number of nitrogens with zero attached hydrogens (tertiary/aromatic N) is 3. The van der Waals surface area contributed by atoms with Crippen LogP contribution in [0, 0.1) is 19.8 Å². The SMILES string of the molecule is Cc1nn(CC2(O)CCC(C)CC2)c(C)c1S(=O)(=O)N1CCOCC1. The van der Waals surface area contributed by atoms with Crippen LogP contribution in [0.4, 0.5) is 0 Å². The monoisotopic (exact) mass is 371 g/mol. The summed E-state index contributed by atoms with van der Waals surface area (Å²) >= 11 is 0. The fourth-order valence-corrected chi connectivity index (χ4v) is 5.64. The number of rotatable bonds is 4. The van der Waals surface area contributed by atoms with E-state index in [9.17, 15) is 13.5 Å². The van der Waals surface area contributed by atoms with Crippen molar-refractivity contribution >= 4 is 10.0 Å². The second-order valence-electron chi connectivity index (χ2n) is 7.58. The number of hydrogen-bond donors (Lipinski definition) is 1. The molecule has 1 aliphatic heterocycles. The molecule has 8 heteroatoms. The quantitative estimate of drug-likeness (QED) is 0.866. The summed E-state index contributed by atoms with van der Waals surface area (Å²) in [5.74, 6) is 0.637. The van der Waals surface area contributed by atoms with Gasteiger partial charge in [-0.3, -0.25) is 4.68 Å². The molecule has 7 nitrogen and oxygen atoms in total. The first-order valence-electron chi connectivity index (χ1n) is 9.07.